The third-order valence-electron chi connectivity index (χ3n) is 8.43. The lowest BCUT2D eigenvalue weighted by Gasteiger charge is -2.19. The van der Waals surface area contributed by atoms with Gasteiger partial charge in [0.15, 0.2) is 3.01 Å². The van der Waals surface area contributed by atoms with Gasteiger partial charge in [-0.2, -0.15) is 19.6 Å². The zero-order valence-electron chi connectivity index (χ0n) is 37.8. The Morgan fingerprint density at radius 2 is 1.28 bits per heavy atom. The zero-order valence-corrected chi connectivity index (χ0v) is 41.6. The molecule has 0 fully saturated rings. The Balaban J connectivity index is 0.000000164. The lowest BCUT2D eigenvalue weighted by atomic mass is 10.1. The van der Waals surface area contributed by atoms with Crippen molar-refractivity contribution in [3.8, 4) is 11.1 Å². The number of aromatic nitrogens is 11. The van der Waals surface area contributed by atoms with Gasteiger partial charge in [0.25, 0.3) is 0 Å². The van der Waals surface area contributed by atoms with Crippen LogP contribution in [-0.2, 0) is 9.47 Å². The molecule has 20 heteroatoms. The van der Waals surface area contributed by atoms with Crippen LogP contribution < -0.4 is 10.6 Å². The lowest BCUT2D eigenvalue weighted by molar-refractivity contribution is 0.0507. The second kappa shape index (κ2) is 22.5. The third-order valence-corrected chi connectivity index (χ3v) is 10.3. The molecule has 17 nitrogen and oxygen atoms in total. The number of nitrogens with one attached hydrogen (secondary N) is 2. The van der Waals surface area contributed by atoms with Crippen LogP contribution in [0.15, 0.2) is 128 Å². The number of carbonyl (C=O) groups is 2. The molecule has 0 unspecified atom stereocenters. The van der Waals surface area contributed by atoms with Gasteiger partial charge in [-0.25, -0.2) is 44.5 Å². The maximum absolute atomic E-state index is 12.2. The van der Waals surface area contributed by atoms with Crippen molar-refractivity contribution in [3.05, 3.63) is 148 Å². The monoisotopic (exact) mass is 1050 g/mol. The Labute approximate surface area is 409 Å². The van der Waals surface area contributed by atoms with Crippen LogP contribution in [0.3, 0.4) is 0 Å². The quantitative estimate of drug-likeness (QED) is 0.122. The van der Waals surface area contributed by atoms with Crippen molar-refractivity contribution in [2.45, 2.75) is 66.6 Å². The maximum Gasteiger partial charge on any atom is 0.435 e. The molecule has 6 heterocycles. The van der Waals surface area contributed by atoms with Crippen LogP contribution in [-0.4, -0.2) is 77.8 Å². The van der Waals surface area contributed by atoms with Gasteiger partial charge >= 0.3 is 12.2 Å². The Hall–Kier alpha value is -6.97. The Morgan fingerprint density at radius 1 is 0.657 bits per heavy atom. The van der Waals surface area contributed by atoms with E-state index in [2.05, 4.69) is 84.4 Å². The van der Waals surface area contributed by atoms with Crippen LogP contribution in [0.25, 0.3) is 32.2 Å². The van der Waals surface area contributed by atoms with E-state index >= 15 is 0 Å². The minimum atomic E-state index is -0.580. The molecule has 2 N–H and O–H groups in total. The third kappa shape index (κ3) is 15.6. The number of hydrogen-bond acceptors (Lipinski definition) is 16. The first-order chi connectivity index (χ1) is 31.9. The van der Waals surface area contributed by atoms with Gasteiger partial charge < -0.3 is 20.1 Å². The van der Waals surface area contributed by atoms with Crippen molar-refractivity contribution in [2.24, 2.45) is 0 Å². The summed E-state index contributed by atoms with van der Waals surface area (Å²) in [6, 6.07) is 26.8. The van der Waals surface area contributed by atoms with E-state index < -0.39 is 23.4 Å². The number of anilines is 4. The average molecular weight is 1050 g/mol. The SMILES string of the molecule is CC(C)(C)OC(=O)n1ncc2cc(Nc3ccnc(Cl)n3)ccc21.Cc1nccc(Nc2ccc(-c3cnn(C(=O)OC(C)(C)C)c3)cc2)n1.Cc1ncccn1.Ic1nc2ccccc2s1. The average Bonchev–Trinajstić information content (AvgIpc) is 4.02. The topological polar surface area (TPSA) is 203 Å². The summed E-state index contributed by atoms with van der Waals surface area (Å²) in [6.07, 6.45) is 10.6. The number of halogens is 2. The molecule has 0 atom stereocenters. The molecular weight excluding hydrogens is 1010 g/mol. The summed E-state index contributed by atoms with van der Waals surface area (Å²) < 4.78 is 15.5. The number of fused-ring (bicyclic) bond motifs is 2. The van der Waals surface area contributed by atoms with E-state index in [4.69, 9.17) is 21.1 Å². The lowest BCUT2D eigenvalue weighted by Crippen LogP contribution is -2.27. The van der Waals surface area contributed by atoms with Gasteiger partial charge in [-0.05, 0) is 156 Å². The normalized spacial score (nSPS) is 11.0. The Kier molecular flexibility index (Phi) is 16.6. The predicted octanol–water partition coefficient (Wildman–Crippen LogP) is 11.9. The van der Waals surface area contributed by atoms with Crippen LogP contribution in [0.4, 0.5) is 32.6 Å². The van der Waals surface area contributed by atoms with Gasteiger partial charge in [0, 0.05) is 53.3 Å². The molecule has 6 aromatic heterocycles. The van der Waals surface area contributed by atoms with Crippen LogP contribution >= 0.6 is 45.5 Å². The largest absolute Gasteiger partial charge is 0.442 e. The van der Waals surface area contributed by atoms with E-state index in [9.17, 15) is 9.59 Å². The van der Waals surface area contributed by atoms with Gasteiger partial charge in [0.2, 0.25) is 5.28 Å². The van der Waals surface area contributed by atoms with Crippen LogP contribution in [0.2, 0.25) is 5.28 Å². The van der Waals surface area contributed by atoms with E-state index in [1.54, 1.807) is 72.9 Å². The summed E-state index contributed by atoms with van der Waals surface area (Å²) in [5, 5.41) is 15.5. The molecule has 0 spiro atoms. The van der Waals surface area contributed by atoms with Gasteiger partial charge in [-0.15, -0.1) is 11.3 Å². The molecule has 3 aromatic carbocycles. The highest BCUT2D eigenvalue weighted by atomic mass is 127. The number of ether oxygens (including phenoxy) is 2. The minimum absolute atomic E-state index is 0.166. The number of aryl methyl sites for hydroxylation is 2. The summed E-state index contributed by atoms with van der Waals surface area (Å²) in [7, 11) is 0. The van der Waals surface area contributed by atoms with Gasteiger partial charge in [0.05, 0.1) is 28.1 Å². The van der Waals surface area contributed by atoms with Gasteiger partial charge in [-0.1, -0.05) is 24.3 Å². The van der Waals surface area contributed by atoms with Crippen LogP contribution in [0.5, 0.6) is 0 Å². The second-order valence-corrected chi connectivity index (χ2v) is 19.3. The Morgan fingerprint density at radius 3 is 1.93 bits per heavy atom. The molecule has 344 valence electrons. The number of benzene rings is 3. The summed E-state index contributed by atoms with van der Waals surface area (Å²) in [6.45, 7) is 14.6. The van der Waals surface area contributed by atoms with E-state index in [1.165, 1.54) is 14.1 Å². The van der Waals surface area contributed by atoms with Crippen molar-refractivity contribution in [1.82, 2.24) is 54.4 Å². The molecular formula is C47H47ClIN13O4S. The van der Waals surface area contributed by atoms with Crippen molar-refractivity contribution in [2.75, 3.05) is 10.6 Å². The first-order valence-corrected chi connectivity index (χ1v) is 22.8. The molecule has 0 aliphatic heterocycles. The first-order valence-electron chi connectivity index (χ1n) is 20.5. The first kappa shape index (κ1) is 49.5. The van der Waals surface area contributed by atoms with E-state index in [1.807, 2.05) is 116 Å². The van der Waals surface area contributed by atoms with Crippen LogP contribution in [0.1, 0.15) is 53.2 Å². The summed E-state index contributed by atoms with van der Waals surface area (Å²) >= 11 is 9.74. The Bertz CT molecular complexity index is 3030. The van der Waals surface area contributed by atoms with Crippen molar-refractivity contribution >= 4 is 102 Å². The summed E-state index contributed by atoms with van der Waals surface area (Å²) in [4.78, 5) is 52.6. The standard InChI is InChI=1S/C19H21N5O2.C16H16ClN5O2.C7H4INS.C5H6N2/c1-13-20-10-9-17(22-13)23-16-7-5-14(6-8-16)15-11-21-24(12-15)18(25)26-19(2,3)4;1-16(2,3)24-15(23)22-12-5-4-11(8-10(12)9-19-22)20-13-6-7-18-14(17)21-13;8-7-9-5-3-1-2-4-6(5)10-7;1-5-6-3-2-4-7-5/h5-12H,1-4H3,(H,20,22,23);4-9H,1-3H3,(H,18,20,21);1-4H;2-4H,1H3. The van der Waals surface area contributed by atoms with Crippen molar-refractivity contribution in [3.63, 3.8) is 0 Å². The van der Waals surface area contributed by atoms with E-state index in [0.29, 0.717) is 17.2 Å². The number of carbonyl (C=O) groups excluding carboxylic acids is 2. The number of thiazole rings is 1. The molecule has 0 radical (unpaired) electrons. The molecule has 0 saturated carbocycles. The highest BCUT2D eigenvalue weighted by molar-refractivity contribution is 14.1. The zero-order chi connectivity index (χ0) is 48.1. The fraction of sp³-hybridized carbons (Fsp3) is 0.213. The molecule has 9 rings (SSSR count). The number of nitrogens with zero attached hydrogens (tertiary/aromatic N) is 11. The van der Waals surface area contributed by atoms with Crippen LogP contribution in [0, 0.1) is 16.9 Å². The van der Waals surface area contributed by atoms with Crippen molar-refractivity contribution < 1.29 is 19.1 Å². The second-order valence-electron chi connectivity index (χ2n) is 16.2. The van der Waals surface area contributed by atoms with Crippen molar-refractivity contribution in [1.29, 1.82) is 0 Å². The maximum atomic E-state index is 12.2. The summed E-state index contributed by atoms with van der Waals surface area (Å²) in [5.41, 5.74) is 4.11. The molecule has 0 bridgehead atoms. The fourth-order valence-corrected chi connectivity index (χ4v) is 7.44. The number of hydrogen-bond donors (Lipinski definition) is 2. The summed E-state index contributed by atoms with van der Waals surface area (Å²) in [5.74, 6) is 2.85. The minimum Gasteiger partial charge on any atom is -0.442 e. The van der Waals surface area contributed by atoms with E-state index in [-0.39, 0.29) is 5.28 Å². The number of para-hydroxylation sites is 1. The van der Waals surface area contributed by atoms with E-state index in [0.717, 1.165) is 48.1 Å². The molecule has 9 aromatic rings. The highest BCUT2D eigenvalue weighted by Crippen LogP contribution is 2.25. The van der Waals surface area contributed by atoms with Gasteiger partial charge in [0.1, 0.15) is 34.5 Å². The smallest absolute Gasteiger partial charge is 0.435 e. The molecule has 0 aliphatic rings. The molecule has 0 saturated heterocycles. The molecule has 0 amide bonds. The fourth-order valence-electron chi connectivity index (χ4n) is 5.63. The van der Waals surface area contributed by atoms with Gasteiger partial charge in [-0.3, -0.25) is 0 Å². The highest BCUT2D eigenvalue weighted by Gasteiger charge is 2.21. The molecule has 67 heavy (non-hydrogen) atoms. The molecule has 0 aliphatic carbocycles. The predicted molar refractivity (Wildman–Crippen MR) is 270 cm³/mol. The number of rotatable bonds is 5.